The fraction of sp³-hybridized carbons (Fsp3) is 0.806. The molecular weight excluding hydrogens is 468 g/mol. The maximum atomic E-state index is 13.0. The summed E-state index contributed by atoms with van der Waals surface area (Å²) in [5.74, 6) is -2.12. The highest BCUT2D eigenvalue weighted by Crippen LogP contribution is 2.54. The quantitative estimate of drug-likeness (QED) is 0.158. The smallest absolute Gasteiger partial charge is 0.306 e. The predicted molar refractivity (Wildman–Crippen MR) is 145 cm³/mol. The van der Waals surface area contributed by atoms with Crippen LogP contribution in [0.5, 0.6) is 0 Å². The molecule has 0 unspecified atom stereocenters. The molecule has 0 aromatic heterocycles. The van der Waals surface area contributed by atoms with Crippen molar-refractivity contribution in [3.8, 4) is 0 Å². The zero-order chi connectivity index (χ0) is 27.1. The Morgan fingerprint density at radius 2 is 1.57 bits per heavy atom. The zero-order valence-electron chi connectivity index (χ0n) is 23.3. The van der Waals surface area contributed by atoms with Crippen molar-refractivity contribution in [2.45, 2.75) is 134 Å². The molecule has 1 fully saturated rings. The van der Waals surface area contributed by atoms with Gasteiger partial charge < -0.3 is 20.1 Å². The lowest BCUT2D eigenvalue weighted by Crippen LogP contribution is -2.60. The molecule has 0 heterocycles. The van der Waals surface area contributed by atoms with E-state index in [0.717, 1.165) is 19.3 Å². The molecule has 1 saturated carbocycles. The van der Waals surface area contributed by atoms with E-state index in [9.17, 15) is 24.9 Å². The van der Waals surface area contributed by atoms with Crippen molar-refractivity contribution in [3.63, 3.8) is 0 Å². The number of ether oxygens (including phenoxy) is 1. The number of hydrogen-bond donors (Lipinski definition) is 3. The van der Waals surface area contributed by atoms with Gasteiger partial charge in [0.15, 0.2) is 5.78 Å². The molecule has 3 aliphatic carbocycles. The molecule has 0 amide bonds. The number of esters is 1. The average Bonchev–Trinajstić information content (AvgIpc) is 3.02. The number of aliphatic hydroxyl groups is 3. The zero-order valence-corrected chi connectivity index (χ0v) is 23.3. The standard InChI is InChI=1S/C31H50O6/c1-4-5-6-7-8-9-10-11-12-13-14-15-28(33)37-21-24-18-25-19-26(32)17-23(3)31(25,36)27-16-22(2)29(34)30(27,35)20-24/h16,18,23,25-27,32,35-36H,4-15,17,19-21H2,1-3H3/t23-,25+,26+,27-,30-,31-/m1/s1. The molecular formula is C31H50O6. The van der Waals surface area contributed by atoms with Gasteiger partial charge in [-0.15, -0.1) is 0 Å². The third-order valence-corrected chi connectivity index (χ3v) is 9.05. The number of aliphatic hydroxyl groups excluding tert-OH is 1. The van der Waals surface area contributed by atoms with Crippen LogP contribution in [-0.2, 0) is 14.3 Å². The van der Waals surface area contributed by atoms with E-state index in [0.29, 0.717) is 30.4 Å². The molecule has 37 heavy (non-hydrogen) atoms. The van der Waals surface area contributed by atoms with Crippen molar-refractivity contribution in [1.82, 2.24) is 0 Å². The second-order valence-corrected chi connectivity index (χ2v) is 12.0. The van der Waals surface area contributed by atoms with E-state index in [1.165, 1.54) is 51.4 Å². The highest BCUT2D eigenvalue weighted by atomic mass is 16.5. The third-order valence-electron chi connectivity index (χ3n) is 9.05. The van der Waals surface area contributed by atoms with Crippen LogP contribution >= 0.6 is 0 Å². The lowest BCUT2D eigenvalue weighted by Gasteiger charge is -2.50. The van der Waals surface area contributed by atoms with Gasteiger partial charge in [-0.25, -0.2) is 0 Å². The molecule has 0 bridgehead atoms. The van der Waals surface area contributed by atoms with Gasteiger partial charge in [0.2, 0.25) is 0 Å². The van der Waals surface area contributed by atoms with Crippen LogP contribution in [0, 0.1) is 17.8 Å². The van der Waals surface area contributed by atoms with Crippen LogP contribution in [0.15, 0.2) is 23.3 Å². The summed E-state index contributed by atoms with van der Waals surface area (Å²) >= 11 is 0. The second kappa shape index (κ2) is 13.5. The number of unbranched alkanes of at least 4 members (excludes halogenated alkanes) is 10. The fourth-order valence-electron chi connectivity index (χ4n) is 6.90. The van der Waals surface area contributed by atoms with Gasteiger partial charge in [0.25, 0.3) is 0 Å². The minimum Gasteiger partial charge on any atom is -0.461 e. The number of hydrogen-bond acceptors (Lipinski definition) is 6. The molecule has 3 N–H and O–H groups in total. The van der Waals surface area contributed by atoms with E-state index in [4.69, 9.17) is 4.74 Å². The Hall–Kier alpha value is -1.50. The number of carbonyl (C=O) groups excluding carboxylic acids is 2. The number of Topliss-reactive ketones (excluding diaryl/α,β-unsaturated/α-hetero) is 1. The Morgan fingerprint density at radius 3 is 2.19 bits per heavy atom. The summed E-state index contributed by atoms with van der Waals surface area (Å²) in [6.07, 6.45) is 17.5. The highest BCUT2D eigenvalue weighted by Gasteiger charge is 2.63. The van der Waals surface area contributed by atoms with Crippen molar-refractivity contribution < 1.29 is 29.6 Å². The van der Waals surface area contributed by atoms with Crippen molar-refractivity contribution in [3.05, 3.63) is 23.3 Å². The molecule has 6 heteroatoms. The van der Waals surface area contributed by atoms with Gasteiger partial charge in [-0.1, -0.05) is 90.2 Å². The number of carbonyl (C=O) groups is 2. The highest BCUT2D eigenvalue weighted by molar-refractivity contribution is 6.04. The first-order valence-electron chi connectivity index (χ1n) is 14.8. The Morgan fingerprint density at radius 1 is 0.973 bits per heavy atom. The van der Waals surface area contributed by atoms with E-state index in [2.05, 4.69) is 6.92 Å². The topological polar surface area (TPSA) is 104 Å². The maximum absolute atomic E-state index is 13.0. The van der Waals surface area contributed by atoms with Gasteiger partial charge in [0.1, 0.15) is 12.2 Å². The van der Waals surface area contributed by atoms with E-state index < -0.39 is 29.1 Å². The van der Waals surface area contributed by atoms with Crippen LogP contribution in [0.3, 0.4) is 0 Å². The van der Waals surface area contributed by atoms with Crippen LogP contribution in [0.1, 0.15) is 117 Å². The van der Waals surface area contributed by atoms with Gasteiger partial charge in [0.05, 0.1) is 11.7 Å². The molecule has 0 aliphatic heterocycles. The van der Waals surface area contributed by atoms with Crippen LogP contribution in [-0.4, -0.2) is 51.0 Å². The molecule has 0 saturated heterocycles. The third kappa shape index (κ3) is 7.13. The molecule has 3 aliphatic rings. The monoisotopic (exact) mass is 518 g/mol. The number of fused-ring (bicyclic) bond motifs is 3. The molecule has 0 aromatic rings. The summed E-state index contributed by atoms with van der Waals surface area (Å²) in [4.78, 5) is 25.4. The summed E-state index contributed by atoms with van der Waals surface area (Å²) in [6, 6.07) is 0. The van der Waals surface area contributed by atoms with E-state index in [1.54, 1.807) is 13.0 Å². The first kappa shape index (κ1) is 30.0. The van der Waals surface area contributed by atoms with Crippen molar-refractivity contribution in [2.24, 2.45) is 17.8 Å². The SMILES string of the molecule is CCCCCCCCCCCCCC(=O)OCC1=C[C@H]2C[C@@H](O)C[C@@H](C)[C@]2(O)[C@@H]2C=C(C)C(=O)[C@@]2(O)C1. The van der Waals surface area contributed by atoms with Gasteiger partial charge in [-0.2, -0.15) is 0 Å². The van der Waals surface area contributed by atoms with Crippen LogP contribution in [0.2, 0.25) is 0 Å². The van der Waals surface area contributed by atoms with Gasteiger partial charge in [-0.05, 0) is 43.3 Å². The average molecular weight is 519 g/mol. The van der Waals surface area contributed by atoms with Gasteiger partial charge >= 0.3 is 5.97 Å². The van der Waals surface area contributed by atoms with Gasteiger partial charge in [0, 0.05) is 24.7 Å². The lowest BCUT2D eigenvalue weighted by molar-refractivity contribution is -0.175. The van der Waals surface area contributed by atoms with E-state index in [-0.39, 0.29) is 30.7 Å². The molecule has 0 aromatic carbocycles. The maximum Gasteiger partial charge on any atom is 0.306 e. The fourth-order valence-corrected chi connectivity index (χ4v) is 6.90. The summed E-state index contributed by atoms with van der Waals surface area (Å²) in [6.45, 7) is 5.78. The molecule has 0 spiro atoms. The molecule has 6 atom stereocenters. The van der Waals surface area contributed by atoms with Crippen molar-refractivity contribution in [2.75, 3.05) is 6.61 Å². The summed E-state index contributed by atoms with van der Waals surface area (Å²) in [5.41, 5.74) is -2.01. The number of rotatable bonds is 14. The van der Waals surface area contributed by atoms with E-state index in [1.807, 2.05) is 13.0 Å². The normalized spacial score (nSPS) is 33.3. The van der Waals surface area contributed by atoms with Crippen molar-refractivity contribution >= 4 is 11.8 Å². The second-order valence-electron chi connectivity index (χ2n) is 12.0. The summed E-state index contributed by atoms with van der Waals surface area (Å²) in [5, 5.41) is 33.8. The van der Waals surface area contributed by atoms with Crippen LogP contribution in [0.4, 0.5) is 0 Å². The largest absolute Gasteiger partial charge is 0.461 e. The minimum absolute atomic E-state index is 0.00468. The Balaban J connectivity index is 1.47. The van der Waals surface area contributed by atoms with Crippen molar-refractivity contribution in [1.29, 1.82) is 0 Å². The van der Waals surface area contributed by atoms with Gasteiger partial charge in [-0.3, -0.25) is 9.59 Å². The van der Waals surface area contributed by atoms with E-state index >= 15 is 0 Å². The molecule has 6 nitrogen and oxygen atoms in total. The predicted octanol–water partition coefficient (Wildman–Crippen LogP) is 5.58. The Bertz CT molecular complexity index is 847. The van der Waals surface area contributed by atoms with Crippen LogP contribution < -0.4 is 0 Å². The minimum atomic E-state index is -1.75. The lowest BCUT2D eigenvalue weighted by atomic mass is 9.60. The molecule has 0 radical (unpaired) electrons. The molecule has 3 rings (SSSR count). The first-order chi connectivity index (χ1) is 17.6. The summed E-state index contributed by atoms with van der Waals surface area (Å²) < 4.78 is 5.56. The molecule has 210 valence electrons. The summed E-state index contributed by atoms with van der Waals surface area (Å²) in [7, 11) is 0. The number of ketones is 1. The van der Waals surface area contributed by atoms with Crippen LogP contribution in [0.25, 0.3) is 0 Å². The Kier molecular flexibility index (Phi) is 11.0. The first-order valence-corrected chi connectivity index (χ1v) is 14.8. The Labute approximate surface area is 223 Å².